The predicted molar refractivity (Wildman–Crippen MR) is 65.3 cm³/mol. The molecule has 2 rings (SSSR count). The third kappa shape index (κ3) is 1.87. The first-order chi connectivity index (χ1) is 7.69. The summed E-state index contributed by atoms with van der Waals surface area (Å²) < 4.78 is 5.95. The lowest BCUT2D eigenvalue weighted by Gasteiger charge is -2.25. The van der Waals surface area contributed by atoms with Gasteiger partial charge in [0.05, 0.1) is 7.11 Å². The number of ether oxygens (including phenoxy) is 1. The number of nitrogens with one attached hydrogen (secondary N) is 1. The van der Waals surface area contributed by atoms with Gasteiger partial charge >= 0.3 is 5.97 Å². The normalized spacial score (nSPS) is 24.4. The Morgan fingerprint density at radius 1 is 1.44 bits per heavy atom. The number of halogens is 1. The van der Waals surface area contributed by atoms with E-state index in [-0.39, 0.29) is 5.97 Å². The highest BCUT2D eigenvalue weighted by molar-refractivity contribution is 9.10. The average molecular weight is 284 g/mol. The van der Waals surface area contributed by atoms with Crippen LogP contribution in [0, 0.1) is 0 Å². The van der Waals surface area contributed by atoms with Gasteiger partial charge in [-0.15, -0.1) is 0 Å². The van der Waals surface area contributed by atoms with Crippen molar-refractivity contribution in [1.29, 1.82) is 0 Å². The maximum atomic E-state index is 11.9. The SMILES string of the molecule is COC(=O)C1(c2ccc(Br)cc2)CCNC1. The Hall–Kier alpha value is -0.870. The van der Waals surface area contributed by atoms with Crippen LogP contribution < -0.4 is 5.32 Å². The van der Waals surface area contributed by atoms with Crippen molar-refractivity contribution in [1.82, 2.24) is 5.32 Å². The van der Waals surface area contributed by atoms with E-state index in [1.807, 2.05) is 24.3 Å². The van der Waals surface area contributed by atoms with Crippen LogP contribution in [0.3, 0.4) is 0 Å². The van der Waals surface area contributed by atoms with Crippen LogP contribution in [0.5, 0.6) is 0 Å². The topological polar surface area (TPSA) is 38.3 Å². The molecule has 1 N–H and O–H groups in total. The zero-order valence-electron chi connectivity index (χ0n) is 9.13. The number of benzene rings is 1. The maximum absolute atomic E-state index is 11.9. The van der Waals surface area contributed by atoms with Gasteiger partial charge in [0.25, 0.3) is 0 Å². The highest BCUT2D eigenvalue weighted by atomic mass is 79.9. The molecule has 1 atom stereocenters. The van der Waals surface area contributed by atoms with Crippen LogP contribution in [0.25, 0.3) is 0 Å². The van der Waals surface area contributed by atoms with Crippen molar-refractivity contribution >= 4 is 21.9 Å². The quantitative estimate of drug-likeness (QED) is 0.842. The monoisotopic (exact) mass is 283 g/mol. The van der Waals surface area contributed by atoms with Gasteiger partial charge in [-0.05, 0) is 30.7 Å². The van der Waals surface area contributed by atoms with Gasteiger partial charge in [-0.2, -0.15) is 0 Å². The molecule has 1 aliphatic rings. The second-order valence-corrected chi connectivity index (χ2v) is 4.92. The van der Waals surface area contributed by atoms with E-state index in [0.29, 0.717) is 6.54 Å². The first-order valence-corrected chi connectivity index (χ1v) is 6.03. The van der Waals surface area contributed by atoms with E-state index in [0.717, 1.165) is 23.0 Å². The molecule has 1 aromatic carbocycles. The summed E-state index contributed by atoms with van der Waals surface area (Å²) >= 11 is 3.39. The zero-order chi connectivity index (χ0) is 11.6. The van der Waals surface area contributed by atoms with E-state index in [4.69, 9.17) is 4.74 Å². The van der Waals surface area contributed by atoms with Gasteiger partial charge < -0.3 is 10.1 Å². The molecule has 0 aliphatic carbocycles. The van der Waals surface area contributed by atoms with Crippen molar-refractivity contribution in [2.24, 2.45) is 0 Å². The van der Waals surface area contributed by atoms with E-state index >= 15 is 0 Å². The van der Waals surface area contributed by atoms with Crippen molar-refractivity contribution in [2.75, 3.05) is 20.2 Å². The molecule has 0 aromatic heterocycles. The summed E-state index contributed by atoms with van der Waals surface area (Å²) in [5.74, 6) is -0.153. The van der Waals surface area contributed by atoms with Crippen molar-refractivity contribution in [3.05, 3.63) is 34.3 Å². The van der Waals surface area contributed by atoms with Crippen LogP contribution in [0.1, 0.15) is 12.0 Å². The zero-order valence-corrected chi connectivity index (χ0v) is 10.7. The number of rotatable bonds is 2. The number of hydrogen-bond donors (Lipinski definition) is 1. The van der Waals surface area contributed by atoms with Crippen LogP contribution in [0.15, 0.2) is 28.7 Å². The molecule has 3 nitrogen and oxygen atoms in total. The Balaban J connectivity index is 2.39. The summed E-state index contributed by atoms with van der Waals surface area (Å²) in [5.41, 5.74) is 0.516. The van der Waals surface area contributed by atoms with Crippen LogP contribution in [0.2, 0.25) is 0 Å². The Labute approximate surface area is 103 Å². The predicted octanol–water partition coefficient (Wildman–Crippen LogP) is 1.85. The number of methoxy groups -OCH3 is 1. The molecule has 1 unspecified atom stereocenters. The van der Waals surface area contributed by atoms with E-state index in [1.165, 1.54) is 7.11 Å². The van der Waals surface area contributed by atoms with E-state index in [1.54, 1.807) is 0 Å². The van der Waals surface area contributed by atoms with Gasteiger partial charge in [-0.1, -0.05) is 28.1 Å². The van der Waals surface area contributed by atoms with Gasteiger partial charge in [0, 0.05) is 11.0 Å². The number of hydrogen-bond acceptors (Lipinski definition) is 3. The van der Waals surface area contributed by atoms with Crippen LogP contribution in [0.4, 0.5) is 0 Å². The van der Waals surface area contributed by atoms with E-state index < -0.39 is 5.41 Å². The van der Waals surface area contributed by atoms with Gasteiger partial charge in [0.15, 0.2) is 0 Å². The third-order valence-corrected chi connectivity index (χ3v) is 3.66. The molecule has 0 radical (unpaired) electrons. The molecule has 0 amide bonds. The molecule has 0 spiro atoms. The Morgan fingerprint density at radius 3 is 2.62 bits per heavy atom. The summed E-state index contributed by atoms with van der Waals surface area (Å²) in [7, 11) is 1.45. The molecule has 1 saturated heterocycles. The first kappa shape index (κ1) is 11.6. The van der Waals surface area contributed by atoms with Crippen LogP contribution in [-0.4, -0.2) is 26.2 Å². The van der Waals surface area contributed by atoms with Gasteiger partial charge in [0.1, 0.15) is 5.41 Å². The molecule has 1 aromatic rings. The van der Waals surface area contributed by atoms with Crippen molar-refractivity contribution < 1.29 is 9.53 Å². The molecule has 1 aliphatic heterocycles. The molecular weight excluding hydrogens is 270 g/mol. The summed E-state index contributed by atoms with van der Waals surface area (Å²) in [6.45, 7) is 1.51. The lowest BCUT2D eigenvalue weighted by molar-refractivity contribution is -0.146. The smallest absolute Gasteiger partial charge is 0.317 e. The molecule has 4 heteroatoms. The van der Waals surface area contributed by atoms with Crippen molar-refractivity contribution in [2.45, 2.75) is 11.8 Å². The lowest BCUT2D eigenvalue weighted by atomic mass is 9.80. The minimum Gasteiger partial charge on any atom is -0.468 e. The Bertz CT molecular complexity index is 383. The minimum absolute atomic E-state index is 0.153. The van der Waals surface area contributed by atoms with Crippen molar-refractivity contribution in [3.8, 4) is 0 Å². The third-order valence-electron chi connectivity index (χ3n) is 3.13. The maximum Gasteiger partial charge on any atom is 0.317 e. The second kappa shape index (κ2) is 4.55. The molecule has 86 valence electrons. The minimum atomic E-state index is -0.505. The summed E-state index contributed by atoms with van der Waals surface area (Å²) in [5, 5.41) is 3.23. The van der Waals surface area contributed by atoms with E-state index in [9.17, 15) is 4.79 Å². The highest BCUT2D eigenvalue weighted by Crippen LogP contribution is 2.32. The number of esters is 1. The van der Waals surface area contributed by atoms with Gasteiger partial charge in [-0.25, -0.2) is 0 Å². The molecule has 0 saturated carbocycles. The molecule has 1 heterocycles. The van der Waals surface area contributed by atoms with E-state index in [2.05, 4.69) is 21.2 Å². The number of carbonyl (C=O) groups excluding carboxylic acids is 1. The fourth-order valence-electron chi connectivity index (χ4n) is 2.19. The fraction of sp³-hybridized carbons (Fsp3) is 0.417. The largest absolute Gasteiger partial charge is 0.468 e. The molecular formula is C12H14BrNO2. The molecule has 0 bridgehead atoms. The van der Waals surface area contributed by atoms with Gasteiger partial charge in [-0.3, -0.25) is 4.79 Å². The lowest BCUT2D eigenvalue weighted by Crippen LogP contribution is -2.39. The molecule has 1 fully saturated rings. The average Bonchev–Trinajstić information content (AvgIpc) is 2.79. The highest BCUT2D eigenvalue weighted by Gasteiger charge is 2.43. The van der Waals surface area contributed by atoms with Crippen LogP contribution in [-0.2, 0) is 14.9 Å². The standard InChI is InChI=1S/C12H14BrNO2/c1-16-11(15)12(6-7-14-8-12)9-2-4-10(13)5-3-9/h2-5,14H,6-8H2,1H3. The first-order valence-electron chi connectivity index (χ1n) is 5.24. The number of carbonyl (C=O) groups is 1. The summed E-state index contributed by atoms with van der Waals surface area (Å²) in [6.07, 6.45) is 0.793. The second-order valence-electron chi connectivity index (χ2n) is 4.01. The van der Waals surface area contributed by atoms with Gasteiger partial charge in [0.2, 0.25) is 0 Å². The van der Waals surface area contributed by atoms with Crippen LogP contribution >= 0.6 is 15.9 Å². The Kier molecular flexibility index (Phi) is 3.30. The molecule has 16 heavy (non-hydrogen) atoms. The fourth-order valence-corrected chi connectivity index (χ4v) is 2.46. The summed E-state index contributed by atoms with van der Waals surface area (Å²) in [6, 6.07) is 7.87. The van der Waals surface area contributed by atoms with Crippen molar-refractivity contribution in [3.63, 3.8) is 0 Å². The Morgan fingerprint density at radius 2 is 2.12 bits per heavy atom. The summed E-state index contributed by atoms with van der Waals surface area (Å²) in [4.78, 5) is 11.9.